The average molecular weight is 198 g/mol. The van der Waals surface area contributed by atoms with Gasteiger partial charge in [0.25, 0.3) is 0 Å². The first kappa shape index (κ1) is 12.0. The fourth-order valence-corrected chi connectivity index (χ4v) is 2.35. The third kappa shape index (κ3) is 4.43. The predicted octanol–water partition coefficient (Wildman–Crippen LogP) is 2.10. The summed E-state index contributed by atoms with van der Waals surface area (Å²) in [6, 6.07) is 1.45. The Morgan fingerprint density at radius 2 is 1.79 bits per heavy atom. The van der Waals surface area contributed by atoms with E-state index < -0.39 is 0 Å². The summed E-state index contributed by atoms with van der Waals surface area (Å²) in [7, 11) is 2.22. The van der Waals surface area contributed by atoms with Crippen LogP contribution in [0.25, 0.3) is 0 Å². The highest BCUT2D eigenvalue weighted by Gasteiger charge is 2.18. The lowest BCUT2D eigenvalue weighted by Gasteiger charge is -2.32. The Hall–Kier alpha value is -0.0800. The molecule has 0 spiro atoms. The van der Waals surface area contributed by atoms with Crippen molar-refractivity contribution in [3.05, 3.63) is 0 Å². The van der Waals surface area contributed by atoms with Gasteiger partial charge in [0.05, 0.1) is 0 Å². The van der Waals surface area contributed by atoms with Crippen molar-refractivity contribution in [1.82, 2.24) is 10.2 Å². The van der Waals surface area contributed by atoms with Gasteiger partial charge >= 0.3 is 0 Å². The normalized spacial score (nSPS) is 22.9. The molecule has 1 aliphatic rings. The van der Waals surface area contributed by atoms with Gasteiger partial charge in [0.2, 0.25) is 0 Å². The molecule has 1 atom stereocenters. The third-order valence-corrected chi connectivity index (χ3v) is 3.06. The van der Waals surface area contributed by atoms with E-state index in [4.69, 9.17) is 0 Å². The zero-order valence-electron chi connectivity index (χ0n) is 10.2. The molecule has 0 radical (unpaired) electrons. The summed E-state index contributed by atoms with van der Waals surface area (Å²) < 4.78 is 0. The highest BCUT2D eigenvalue weighted by Crippen LogP contribution is 2.11. The summed E-state index contributed by atoms with van der Waals surface area (Å²) in [5, 5.41) is 3.74. The largest absolute Gasteiger partial charge is 0.311 e. The van der Waals surface area contributed by atoms with Gasteiger partial charge in [0.1, 0.15) is 0 Å². The highest BCUT2D eigenvalue weighted by atomic mass is 15.1. The third-order valence-electron chi connectivity index (χ3n) is 3.06. The van der Waals surface area contributed by atoms with Gasteiger partial charge in [-0.3, -0.25) is 0 Å². The summed E-state index contributed by atoms with van der Waals surface area (Å²) in [5.41, 5.74) is 0. The number of likely N-dealkylation sites (tertiary alicyclic amines) is 1. The molecule has 0 aromatic heterocycles. The van der Waals surface area contributed by atoms with Crippen molar-refractivity contribution < 1.29 is 0 Å². The van der Waals surface area contributed by atoms with Gasteiger partial charge < -0.3 is 10.2 Å². The number of nitrogens with zero attached hydrogens (tertiary/aromatic N) is 1. The number of nitrogens with one attached hydrogen (secondary N) is 1. The maximum absolute atomic E-state index is 3.74. The van der Waals surface area contributed by atoms with Crippen LogP contribution in [-0.2, 0) is 0 Å². The van der Waals surface area contributed by atoms with Crippen LogP contribution < -0.4 is 5.32 Å². The van der Waals surface area contributed by atoms with E-state index in [0.717, 1.165) is 12.0 Å². The van der Waals surface area contributed by atoms with Crippen LogP contribution in [0.3, 0.4) is 0 Å². The highest BCUT2D eigenvalue weighted by molar-refractivity contribution is 4.78. The molecule has 1 fully saturated rings. The van der Waals surface area contributed by atoms with Gasteiger partial charge in [0, 0.05) is 12.1 Å². The molecule has 0 saturated carbocycles. The van der Waals surface area contributed by atoms with Gasteiger partial charge in [-0.2, -0.15) is 0 Å². The summed E-state index contributed by atoms with van der Waals surface area (Å²) >= 11 is 0. The van der Waals surface area contributed by atoms with E-state index in [1.54, 1.807) is 0 Å². The van der Waals surface area contributed by atoms with Gasteiger partial charge in [-0.15, -0.1) is 0 Å². The van der Waals surface area contributed by atoms with Crippen molar-refractivity contribution in [1.29, 1.82) is 0 Å². The zero-order valence-corrected chi connectivity index (χ0v) is 10.2. The van der Waals surface area contributed by atoms with Crippen LogP contribution in [0.5, 0.6) is 0 Å². The summed E-state index contributed by atoms with van der Waals surface area (Å²) in [4.78, 5) is 2.42. The Morgan fingerprint density at radius 1 is 1.21 bits per heavy atom. The molecule has 0 aromatic carbocycles. The lowest BCUT2D eigenvalue weighted by Crippen LogP contribution is -2.44. The maximum atomic E-state index is 3.74. The van der Waals surface area contributed by atoms with Gasteiger partial charge in [0.15, 0.2) is 0 Å². The van der Waals surface area contributed by atoms with Crippen molar-refractivity contribution in [2.75, 3.05) is 20.1 Å². The van der Waals surface area contributed by atoms with Crippen LogP contribution in [0.4, 0.5) is 0 Å². The van der Waals surface area contributed by atoms with E-state index in [1.165, 1.54) is 32.4 Å². The number of piperidine rings is 1. The Balaban J connectivity index is 2.17. The Bertz CT molecular complexity index is 148. The number of hydrogen-bond donors (Lipinski definition) is 1. The van der Waals surface area contributed by atoms with Crippen molar-refractivity contribution >= 4 is 0 Å². The molecular formula is C12H26N2. The molecule has 84 valence electrons. The summed E-state index contributed by atoms with van der Waals surface area (Å²) in [6.45, 7) is 9.43. The second kappa shape index (κ2) is 5.72. The molecule has 2 nitrogen and oxygen atoms in total. The molecule has 1 N–H and O–H groups in total. The quantitative estimate of drug-likeness (QED) is 0.744. The predicted molar refractivity (Wildman–Crippen MR) is 62.6 cm³/mol. The average Bonchev–Trinajstić information content (AvgIpc) is 2.07. The van der Waals surface area contributed by atoms with Crippen molar-refractivity contribution in [3.8, 4) is 0 Å². The van der Waals surface area contributed by atoms with E-state index in [9.17, 15) is 0 Å². The van der Waals surface area contributed by atoms with E-state index in [0.29, 0.717) is 6.04 Å². The van der Waals surface area contributed by atoms with Crippen molar-refractivity contribution in [3.63, 3.8) is 0 Å². The Labute approximate surface area is 89.1 Å². The first-order valence-electron chi connectivity index (χ1n) is 6.02. The summed E-state index contributed by atoms with van der Waals surface area (Å²) in [5.74, 6) is 0.809. The summed E-state index contributed by atoms with van der Waals surface area (Å²) in [6.07, 6.45) is 3.93. The van der Waals surface area contributed by atoms with Crippen LogP contribution in [0.2, 0.25) is 0 Å². The fraction of sp³-hybridized carbons (Fsp3) is 1.00. The minimum Gasteiger partial charge on any atom is -0.311 e. The Kier molecular flexibility index (Phi) is 4.90. The minimum absolute atomic E-state index is 0.684. The van der Waals surface area contributed by atoms with E-state index in [1.807, 2.05) is 0 Å². The van der Waals surface area contributed by atoms with Crippen LogP contribution in [-0.4, -0.2) is 37.1 Å². The second-order valence-corrected chi connectivity index (χ2v) is 5.27. The smallest absolute Gasteiger partial charge is 0.00938 e. The van der Waals surface area contributed by atoms with Gasteiger partial charge in [-0.05, 0) is 52.2 Å². The van der Waals surface area contributed by atoms with Crippen molar-refractivity contribution in [2.24, 2.45) is 5.92 Å². The second-order valence-electron chi connectivity index (χ2n) is 5.27. The molecule has 1 heterocycles. The van der Waals surface area contributed by atoms with Gasteiger partial charge in [-0.25, -0.2) is 0 Å². The maximum Gasteiger partial charge on any atom is 0.00938 e. The fourth-order valence-electron chi connectivity index (χ4n) is 2.35. The van der Waals surface area contributed by atoms with Gasteiger partial charge in [-0.1, -0.05) is 13.8 Å². The molecule has 0 aromatic rings. The molecule has 14 heavy (non-hydrogen) atoms. The zero-order chi connectivity index (χ0) is 10.6. The standard InChI is InChI=1S/C12H26N2/c1-10(2)9-11(3)13-12-5-7-14(4)8-6-12/h10-13H,5-9H2,1-4H3/t11-/m0/s1. The van der Waals surface area contributed by atoms with Crippen LogP contribution >= 0.6 is 0 Å². The number of rotatable bonds is 4. The molecule has 0 aliphatic carbocycles. The lowest BCUT2D eigenvalue weighted by molar-refractivity contribution is 0.222. The first-order chi connectivity index (χ1) is 6.58. The SMILES string of the molecule is CC(C)C[C@H](C)NC1CCN(C)CC1. The molecule has 1 aliphatic heterocycles. The van der Waals surface area contributed by atoms with Crippen molar-refractivity contribution in [2.45, 2.75) is 52.1 Å². The molecule has 0 unspecified atom stereocenters. The Morgan fingerprint density at radius 3 is 2.29 bits per heavy atom. The minimum atomic E-state index is 0.684. The monoisotopic (exact) mass is 198 g/mol. The first-order valence-corrected chi connectivity index (χ1v) is 6.02. The molecule has 0 amide bonds. The molecular weight excluding hydrogens is 172 g/mol. The topological polar surface area (TPSA) is 15.3 Å². The van der Waals surface area contributed by atoms with Crippen LogP contribution in [0.15, 0.2) is 0 Å². The van der Waals surface area contributed by atoms with E-state index in [-0.39, 0.29) is 0 Å². The van der Waals surface area contributed by atoms with Crippen LogP contribution in [0, 0.1) is 5.92 Å². The molecule has 0 bridgehead atoms. The number of hydrogen-bond acceptors (Lipinski definition) is 2. The molecule has 1 rings (SSSR count). The van der Waals surface area contributed by atoms with Crippen LogP contribution in [0.1, 0.15) is 40.0 Å². The lowest BCUT2D eigenvalue weighted by atomic mass is 10.0. The van der Waals surface area contributed by atoms with E-state index >= 15 is 0 Å². The molecule has 2 heteroatoms. The van der Waals surface area contributed by atoms with E-state index in [2.05, 4.69) is 38.0 Å². The molecule has 1 saturated heterocycles.